The first-order valence-corrected chi connectivity index (χ1v) is 10.7. The van der Waals surface area contributed by atoms with Gasteiger partial charge in [0.1, 0.15) is 18.4 Å². The predicted octanol–water partition coefficient (Wildman–Crippen LogP) is 4.91. The van der Waals surface area contributed by atoms with Gasteiger partial charge in [0.15, 0.2) is 0 Å². The normalized spacial score (nSPS) is 11.7. The quantitative estimate of drug-likeness (QED) is 0.416. The summed E-state index contributed by atoms with van der Waals surface area (Å²) in [5.41, 5.74) is 1.51. The molecule has 3 aromatic carbocycles. The third kappa shape index (κ3) is 5.29. The molecule has 0 fully saturated rings. The third-order valence-corrected chi connectivity index (χ3v) is 5.81. The van der Waals surface area contributed by atoms with Crippen molar-refractivity contribution in [3.05, 3.63) is 100 Å². The molecular weight excluding hydrogens is 410 g/mol. The summed E-state index contributed by atoms with van der Waals surface area (Å²) in [6.45, 7) is 0.480. The lowest BCUT2D eigenvalue weighted by molar-refractivity contribution is -0.139. The molecule has 0 aliphatic carbocycles. The number of carboxylic acids is 1. The molecule has 4 aromatic rings. The second kappa shape index (κ2) is 9.45. The highest BCUT2D eigenvalue weighted by molar-refractivity contribution is 7.09. The maximum absolute atomic E-state index is 12.7. The number of aliphatic carboxylic acids is 1. The third-order valence-electron chi connectivity index (χ3n) is 4.91. The second-order valence-corrected chi connectivity index (χ2v) is 8.18. The molecule has 1 amide bonds. The molecule has 1 heterocycles. The van der Waals surface area contributed by atoms with E-state index in [1.54, 1.807) is 12.1 Å². The summed E-state index contributed by atoms with van der Waals surface area (Å²) in [5, 5.41) is 15.8. The minimum atomic E-state index is -1.05. The SMILES string of the molecule is O=C(NC(Cc1cccs1)C(=O)O)c1ccc2cc(OCc3ccccc3)ccc2c1. The predicted molar refractivity (Wildman–Crippen MR) is 122 cm³/mol. The van der Waals surface area contributed by atoms with Crippen molar-refractivity contribution in [1.82, 2.24) is 5.32 Å². The lowest BCUT2D eigenvalue weighted by Crippen LogP contribution is -2.42. The molecule has 0 saturated carbocycles. The summed E-state index contributed by atoms with van der Waals surface area (Å²) in [7, 11) is 0. The standard InChI is InChI=1S/C25H21NO4S/c27-24(26-23(25(28)29)15-22-7-4-12-31-22)20-9-8-19-14-21(11-10-18(19)13-20)30-16-17-5-2-1-3-6-17/h1-14,23H,15-16H2,(H,26,27)(H,28,29). The van der Waals surface area contributed by atoms with E-state index >= 15 is 0 Å². The van der Waals surface area contributed by atoms with E-state index in [0.717, 1.165) is 27.0 Å². The number of nitrogens with one attached hydrogen (secondary N) is 1. The number of carboxylic acid groups (broad SMARTS) is 1. The highest BCUT2D eigenvalue weighted by Crippen LogP contribution is 2.23. The van der Waals surface area contributed by atoms with Crippen molar-refractivity contribution in [2.75, 3.05) is 0 Å². The fourth-order valence-corrected chi connectivity index (χ4v) is 4.02. The van der Waals surface area contributed by atoms with Crippen LogP contribution in [0.2, 0.25) is 0 Å². The van der Waals surface area contributed by atoms with Crippen molar-refractivity contribution in [2.45, 2.75) is 19.1 Å². The van der Waals surface area contributed by atoms with Gasteiger partial charge in [-0.1, -0.05) is 48.5 Å². The Morgan fingerprint density at radius 2 is 1.71 bits per heavy atom. The first-order chi connectivity index (χ1) is 15.1. The van der Waals surface area contributed by atoms with Crippen molar-refractivity contribution in [3.8, 4) is 5.75 Å². The van der Waals surface area contributed by atoms with Crippen LogP contribution >= 0.6 is 11.3 Å². The molecule has 2 N–H and O–H groups in total. The summed E-state index contributed by atoms with van der Waals surface area (Å²) in [5.74, 6) is -0.714. The molecule has 6 heteroatoms. The van der Waals surface area contributed by atoms with E-state index < -0.39 is 17.9 Å². The second-order valence-electron chi connectivity index (χ2n) is 7.15. The van der Waals surface area contributed by atoms with Gasteiger partial charge < -0.3 is 15.2 Å². The summed E-state index contributed by atoms with van der Waals surface area (Å²) in [4.78, 5) is 25.2. The number of hydrogen-bond acceptors (Lipinski definition) is 4. The van der Waals surface area contributed by atoms with Gasteiger partial charge in [0.25, 0.3) is 5.91 Å². The molecule has 5 nitrogen and oxygen atoms in total. The Morgan fingerprint density at radius 3 is 2.45 bits per heavy atom. The van der Waals surface area contributed by atoms with E-state index in [4.69, 9.17) is 4.74 Å². The zero-order valence-electron chi connectivity index (χ0n) is 16.7. The van der Waals surface area contributed by atoms with Crippen LogP contribution in [0, 0.1) is 0 Å². The van der Waals surface area contributed by atoms with Gasteiger partial charge in [-0.15, -0.1) is 11.3 Å². The molecule has 1 aromatic heterocycles. The van der Waals surface area contributed by atoms with Gasteiger partial charge in [0.05, 0.1) is 0 Å². The van der Waals surface area contributed by atoms with Crippen LogP contribution in [0.1, 0.15) is 20.8 Å². The highest BCUT2D eigenvalue weighted by Gasteiger charge is 2.21. The minimum Gasteiger partial charge on any atom is -0.489 e. The first kappa shape index (κ1) is 20.6. The van der Waals surface area contributed by atoms with Crippen LogP contribution in [0.4, 0.5) is 0 Å². The molecule has 1 unspecified atom stereocenters. The average Bonchev–Trinajstić information content (AvgIpc) is 3.30. The monoisotopic (exact) mass is 431 g/mol. The van der Waals surface area contributed by atoms with Crippen LogP contribution < -0.4 is 10.1 Å². The molecule has 0 saturated heterocycles. The Morgan fingerprint density at radius 1 is 0.935 bits per heavy atom. The van der Waals surface area contributed by atoms with Crippen LogP contribution in [0.15, 0.2) is 84.2 Å². The maximum atomic E-state index is 12.7. The van der Waals surface area contributed by atoms with Crippen molar-refractivity contribution in [3.63, 3.8) is 0 Å². The molecule has 0 aliphatic rings. The Balaban J connectivity index is 1.45. The number of rotatable bonds is 8. The van der Waals surface area contributed by atoms with Gasteiger partial charge in [-0.05, 0) is 52.0 Å². The van der Waals surface area contributed by atoms with Crippen molar-refractivity contribution in [1.29, 1.82) is 0 Å². The molecule has 0 bridgehead atoms. The molecule has 31 heavy (non-hydrogen) atoms. The largest absolute Gasteiger partial charge is 0.489 e. The van der Waals surface area contributed by atoms with Crippen molar-refractivity contribution in [2.24, 2.45) is 0 Å². The number of thiophene rings is 1. The van der Waals surface area contributed by atoms with E-state index in [1.807, 2.05) is 72.1 Å². The molecule has 0 radical (unpaired) electrons. The first-order valence-electron chi connectivity index (χ1n) is 9.85. The van der Waals surface area contributed by atoms with Crippen LogP contribution in [-0.2, 0) is 17.8 Å². The van der Waals surface area contributed by atoms with E-state index in [9.17, 15) is 14.7 Å². The topological polar surface area (TPSA) is 75.6 Å². The van der Waals surface area contributed by atoms with Crippen LogP contribution in [0.25, 0.3) is 10.8 Å². The Kier molecular flexibility index (Phi) is 6.29. The summed E-state index contributed by atoms with van der Waals surface area (Å²) in [6.07, 6.45) is 0.258. The van der Waals surface area contributed by atoms with Gasteiger partial charge in [-0.2, -0.15) is 0 Å². The van der Waals surface area contributed by atoms with E-state index in [1.165, 1.54) is 11.3 Å². The molecule has 0 aliphatic heterocycles. The lowest BCUT2D eigenvalue weighted by atomic mass is 10.1. The van der Waals surface area contributed by atoms with Crippen molar-refractivity contribution < 1.29 is 19.4 Å². The fourth-order valence-electron chi connectivity index (χ4n) is 3.27. The fraction of sp³-hybridized carbons (Fsp3) is 0.120. The average molecular weight is 432 g/mol. The van der Waals surface area contributed by atoms with Crippen LogP contribution in [0.5, 0.6) is 5.75 Å². The van der Waals surface area contributed by atoms with Gasteiger partial charge in [0.2, 0.25) is 0 Å². The van der Waals surface area contributed by atoms with Crippen LogP contribution in [0.3, 0.4) is 0 Å². The van der Waals surface area contributed by atoms with E-state index in [0.29, 0.717) is 12.2 Å². The number of carbonyl (C=O) groups is 2. The maximum Gasteiger partial charge on any atom is 0.326 e. The smallest absolute Gasteiger partial charge is 0.326 e. The molecule has 0 spiro atoms. The number of hydrogen-bond donors (Lipinski definition) is 2. The Hall–Kier alpha value is -3.64. The number of benzene rings is 3. The number of ether oxygens (including phenoxy) is 1. The lowest BCUT2D eigenvalue weighted by Gasteiger charge is -2.14. The van der Waals surface area contributed by atoms with E-state index in [2.05, 4.69) is 5.32 Å². The number of amides is 1. The highest BCUT2D eigenvalue weighted by atomic mass is 32.1. The number of carbonyl (C=O) groups excluding carboxylic acids is 1. The van der Waals surface area contributed by atoms with Gasteiger partial charge >= 0.3 is 5.97 Å². The van der Waals surface area contributed by atoms with Crippen LogP contribution in [-0.4, -0.2) is 23.0 Å². The van der Waals surface area contributed by atoms with Crippen molar-refractivity contribution >= 4 is 34.0 Å². The molecule has 156 valence electrons. The number of fused-ring (bicyclic) bond motifs is 1. The zero-order valence-corrected chi connectivity index (χ0v) is 17.5. The molecule has 1 atom stereocenters. The van der Waals surface area contributed by atoms with Gasteiger partial charge in [-0.3, -0.25) is 4.79 Å². The summed E-state index contributed by atoms with van der Waals surface area (Å²) >= 11 is 1.47. The Bertz CT molecular complexity index is 1190. The van der Waals surface area contributed by atoms with Gasteiger partial charge in [-0.25, -0.2) is 4.79 Å². The minimum absolute atomic E-state index is 0.258. The summed E-state index contributed by atoms with van der Waals surface area (Å²) in [6, 6.07) is 23.7. The van der Waals surface area contributed by atoms with E-state index in [-0.39, 0.29) is 6.42 Å². The summed E-state index contributed by atoms with van der Waals surface area (Å²) < 4.78 is 5.86. The molecule has 4 rings (SSSR count). The molecular formula is C25H21NO4S. The van der Waals surface area contributed by atoms with Gasteiger partial charge in [0, 0.05) is 16.9 Å². The Labute approximate surface area is 183 Å². The zero-order chi connectivity index (χ0) is 21.6.